The Morgan fingerprint density at radius 1 is 1.16 bits per heavy atom. The van der Waals surface area contributed by atoms with Crippen LogP contribution in [0.15, 0.2) is 36.5 Å². The molecule has 1 amide bonds. The highest BCUT2D eigenvalue weighted by molar-refractivity contribution is 7.80. The van der Waals surface area contributed by atoms with E-state index in [4.69, 9.17) is 35.4 Å². The molecule has 1 aromatic carbocycles. The molecule has 1 aromatic heterocycles. The third-order valence-electron chi connectivity index (χ3n) is 2.80. The average Bonchev–Trinajstić information content (AvgIpc) is 2.53. The van der Waals surface area contributed by atoms with E-state index < -0.39 is 17.6 Å². The van der Waals surface area contributed by atoms with Gasteiger partial charge in [-0.05, 0) is 42.5 Å². The maximum absolute atomic E-state index is 12.5. The van der Waals surface area contributed by atoms with Crippen molar-refractivity contribution in [3.8, 4) is 0 Å². The van der Waals surface area contributed by atoms with E-state index in [-0.39, 0.29) is 16.0 Å². The van der Waals surface area contributed by atoms with Crippen LogP contribution in [0.1, 0.15) is 15.9 Å². The highest BCUT2D eigenvalue weighted by Gasteiger charge is 2.31. The number of anilines is 1. The Kier molecular flexibility index (Phi) is 6.04. The van der Waals surface area contributed by atoms with Crippen LogP contribution in [0, 0.1) is 0 Å². The Morgan fingerprint density at radius 2 is 1.80 bits per heavy atom. The SMILES string of the molecule is O=C(NC(=S)NNc1ncc(C(F)(F)F)cc1Cl)c1ccc(Cl)cc1. The fourth-order valence-electron chi connectivity index (χ4n) is 1.61. The van der Waals surface area contributed by atoms with Gasteiger partial charge in [0.1, 0.15) is 0 Å². The molecule has 2 aromatic rings. The second-order valence-corrected chi connectivity index (χ2v) is 5.84. The minimum absolute atomic E-state index is 0.0854. The van der Waals surface area contributed by atoms with Crippen molar-refractivity contribution >= 4 is 52.3 Å². The summed E-state index contributed by atoms with van der Waals surface area (Å²) in [5.74, 6) is -0.583. The van der Waals surface area contributed by atoms with E-state index in [2.05, 4.69) is 21.2 Å². The molecule has 0 aliphatic heterocycles. The van der Waals surface area contributed by atoms with E-state index in [1.54, 1.807) is 0 Å². The molecule has 0 fully saturated rings. The normalized spacial score (nSPS) is 10.9. The molecule has 0 saturated carbocycles. The average molecular weight is 409 g/mol. The van der Waals surface area contributed by atoms with Gasteiger partial charge in [-0.15, -0.1) is 0 Å². The highest BCUT2D eigenvalue weighted by Crippen LogP contribution is 2.32. The van der Waals surface area contributed by atoms with Crippen molar-refractivity contribution in [1.82, 2.24) is 15.7 Å². The van der Waals surface area contributed by atoms with Gasteiger partial charge < -0.3 is 0 Å². The Hall–Kier alpha value is -2.10. The second-order valence-electron chi connectivity index (χ2n) is 4.59. The molecule has 3 N–H and O–H groups in total. The molecule has 0 radical (unpaired) electrons. The van der Waals surface area contributed by atoms with Gasteiger partial charge in [-0.1, -0.05) is 23.2 Å². The number of thiocarbonyl (C=S) groups is 1. The molecular formula is C14H9Cl2F3N4OS. The van der Waals surface area contributed by atoms with Crippen LogP contribution in [0.2, 0.25) is 10.0 Å². The van der Waals surface area contributed by atoms with Crippen LogP contribution in [-0.2, 0) is 6.18 Å². The van der Waals surface area contributed by atoms with Gasteiger partial charge in [0.25, 0.3) is 5.91 Å². The monoisotopic (exact) mass is 408 g/mol. The van der Waals surface area contributed by atoms with Gasteiger partial charge in [-0.3, -0.25) is 21.0 Å². The molecule has 5 nitrogen and oxygen atoms in total. The zero-order valence-electron chi connectivity index (χ0n) is 12.1. The Morgan fingerprint density at radius 3 is 2.36 bits per heavy atom. The van der Waals surface area contributed by atoms with Crippen molar-refractivity contribution in [2.75, 3.05) is 5.43 Å². The molecule has 0 bridgehead atoms. The minimum atomic E-state index is -4.55. The summed E-state index contributed by atoms with van der Waals surface area (Å²) in [6.07, 6.45) is -3.93. The van der Waals surface area contributed by atoms with Crippen LogP contribution in [0.4, 0.5) is 19.0 Å². The summed E-state index contributed by atoms with van der Waals surface area (Å²) in [4.78, 5) is 15.5. The molecular weight excluding hydrogens is 400 g/mol. The van der Waals surface area contributed by atoms with Gasteiger partial charge in [0.2, 0.25) is 0 Å². The molecule has 0 atom stereocenters. The van der Waals surface area contributed by atoms with Crippen molar-refractivity contribution in [3.05, 3.63) is 57.7 Å². The first-order chi connectivity index (χ1) is 11.7. The summed E-state index contributed by atoms with van der Waals surface area (Å²) >= 11 is 16.4. The summed E-state index contributed by atoms with van der Waals surface area (Å²) in [5.41, 5.74) is 4.16. The third-order valence-corrected chi connectivity index (χ3v) is 3.54. The molecule has 132 valence electrons. The molecule has 0 unspecified atom stereocenters. The van der Waals surface area contributed by atoms with Gasteiger partial charge in [0.15, 0.2) is 10.9 Å². The van der Waals surface area contributed by atoms with Gasteiger partial charge >= 0.3 is 6.18 Å². The maximum Gasteiger partial charge on any atom is 0.417 e. The van der Waals surface area contributed by atoms with Crippen molar-refractivity contribution in [2.24, 2.45) is 0 Å². The number of halogens is 5. The lowest BCUT2D eigenvalue weighted by Gasteiger charge is -2.13. The fourth-order valence-corrected chi connectivity index (χ4v) is 2.09. The maximum atomic E-state index is 12.5. The fraction of sp³-hybridized carbons (Fsp3) is 0.0714. The summed E-state index contributed by atoms with van der Waals surface area (Å²) in [6, 6.07) is 6.80. The first-order valence-electron chi connectivity index (χ1n) is 6.52. The lowest BCUT2D eigenvalue weighted by Crippen LogP contribution is -2.42. The van der Waals surface area contributed by atoms with Gasteiger partial charge in [-0.2, -0.15) is 13.2 Å². The van der Waals surface area contributed by atoms with Crippen LogP contribution in [0.3, 0.4) is 0 Å². The standard InChI is InChI=1S/C14H9Cl2F3N4OS/c15-9-3-1-7(2-4-9)12(24)21-13(25)23-22-11-10(16)5-8(6-20-11)14(17,18)19/h1-6H,(H,20,22)(H2,21,23,24,25). The zero-order chi connectivity index (χ0) is 18.6. The van der Waals surface area contributed by atoms with Gasteiger partial charge in [0.05, 0.1) is 10.6 Å². The van der Waals surface area contributed by atoms with Crippen molar-refractivity contribution in [1.29, 1.82) is 0 Å². The number of aromatic nitrogens is 1. The number of amides is 1. The van der Waals surface area contributed by atoms with Crippen LogP contribution in [-0.4, -0.2) is 16.0 Å². The minimum Gasteiger partial charge on any atom is -0.298 e. The van der Waals surface area contributed by atoms with Gasteiger partial charge in [-0.25, -0.2) is 4.98 Å². The van der Waals surface area contributed by atoms with Crippen LogP contribution < -0.4 is 16.2 Å². The molecule has 11 heteroatoms. The number of pyridine rings is 1. The molecule has 0 spiro atoms. The quantitative estimate of drug-likeness (QED) is 0.528. The molecule has 0 saturated heterocycles. The summed E-state index contributed by atoms with van der Waals surface area (Å²) in [6.45, 7) is 0. The number of hydrogen-bond acceptors (Lipinski definition) is 4. The predicted molar refractivity (Wildman–Crippen MR) is 92.5 cm³/mol. The topological polar surface area (TPSA) is 66.1 Å². The van der Waals surface area contributed by atoms with E-state index >= 15 is 0 Å². The summed E-state index contributed by atoms with van der Waals surface area (Å²) < 4.78 is 37.6. The number of rotatable bonds is 3. The van der Waals surface area contributed by atoms with E-state index in [0.29, 0.717) is 22.8 Å². The van der Waals surface area contributed by atoms with Gasteiger partial charge in [0, 0.05) is 16.8 Å². The number of alkyl halides is 3. The number of hydrogen-bond donors (Lipinski definition) is 3. The van der Waals surface area contributed by atoms with Crippen LogP contribution in [0.25, 0.3) is 0 Å². The highest BCUT2D eigenvalue weighted by atomic mass is 35.5. The molecule has 2 rings (SSSR count). The number of nitrogens with zero attached hydrogens (tertiary/aromatic N) is 1. The Bertz CT molecular complexity index is 800. The predicted octanol–water partition coefficient (Wildman–Crippen LogP) is 4.04. The Balaban J connectivity index is 1.93. The van der Waals surface area contributed by atoms with E-state index in [1.807, 2.05) is 0 Å². The zero-order valence-corrected chi connectivity index (χ0v) is 14.4. The van der Waals surface area contributed by atoms with Crippen LogP contribution in [0.5, 0.6) is 0 Å². The van der Waals surface area contributed by atoms with Crippen molar-refractivity contribution in [3.63, 3.8) is 0 Å². The first-order valence-corrected chi connectivity index (χ1v) is 7.69. The van der Waals surface area contributed by atoms with Crippen LogP contribution >= 0.6 is 35.4 Å². The van der Waals surface area contributed by atoms with Crippen molar-refractivity contribution < 1.29 is 18.0 Å². The molecule has 25 heavy (non-hydrogen) atoms. The summed E-state index contributed by atoms with van der Waals surface area (Å²) in [5, 5.41) is 2.44. The van der Waals surface area contributed by atoms with E-state index in [9.17, 15) is 18.0 Å². The number of carbonyl (C=O) groups is 1. The summed E-state index contributed by atoms with van der Waals surface area (Å²) in [7, 11) is 0. The van der Waals surface area contributed by atoms with E-state index in [1.165, 1.54) is 24.3 Å². The smallest absolute Gasteiger partial charge is 0.298 e. The third kappa shape index (κ3) is 5.45. The second kappa shape index (κ2) is 7.85. The van der Waals surface area contributed by atoms with E-state index in [0.717, 1.165) is 0 Å². The largest absolute Gasteiger partial charge is 0.417 e. The molecule has 0 aliphatic carbocycles. The first kappa shape index (κ1) is 19.2. The number of nitrogens with one attached hydrogen (secondary N) is 3. The number of benzene rings is 1. The van der Waals surface area contributed by atoms with Crippen molar-refractivity contribution in [2.45, 2.75) is 6.18 Å². The Labute approximate surface area is 155 Å². The lowest BCUT2D eigenvalue weighted by atomic mass is 10.2. The number of hydrazine groups is 1. The number of carbonyl (C=O) groups excluding carboxylic acids is 1. The molecule has 0 aliphatic rings. The lowest BCUT2D eigenvalue weighted by molar-refractivity contribution is -0.137. The molecule has 1 heterocycles.